The molecule has 3 aromatic rings. The smallest absolute Gasteiger partial charge is 0.275 e. The molecule has 0 atom stereocenters. The Kier molecular flexibility index (Phi) is 5.41. The van der Waals surface area contributed by atoms with Crippen molar-refractivity contribution < 1.29 is 9.47 Å². The Bertz CT molecular complexity index is 967. The van der Waals surface area contributed by atoms with Gasteiger partial charge in [-0.25, -0.2) is 4.98 Å². The topological polar surface area (TPSA) is 69.0 Å². The quantitative estimate of drug-likeness (QED) is 0.633. The number of hydrogen-bond donors (Lipinski definition) is 0. The molecule has 0 aliphatic heterocycles. The molecule has 0 radical (unpaired) electrons. The maximum atomic E-state index is 12.0. The lowest BCUT2D eigenvalue weighted by Gasteiger charge is -2.15. The van der Waals surface area contributed by atoms with E-state index in [9.17, 15) is 4.79 Å². The third kappa shape index (κ3) is 3.80. The summed E-state index contributed by atoms with van der Waals surface area (Å²) >= 11 is 1.42. The van der Waals surface area contributed by atoms with Gasteiger partial charge in [0, 0.05) is 25.4 Å². The van der Waals surface area contributed by atoms with Crippen LogP contribution in [-0.2, 0) is 6.42 Å². The molecule has 2 aromatic heterocycles. The summed E-state index contributed by atoms with van der Waals surface area (Å²) < 4.78 is 12.0. The maximum absolute atomic E-state index is 12.0. The second-order valence-electron chi connectivity index (χ2n) is 6.03. The van der Waals surface area contributed by atoms with E-state index in [4.69, 9.17) is 9.47 Å². The summed E-state index contributed by atoms with van der Waals surface area (Å²) in [7, 11) is 5.25. The molecule has 138 valence electrons. The predicted octanol–water partition coefficient (Wildman–Crippen LogP) is 2.55. The van der Waals surface area contributed by atoms with Crippen LogP contribution in [0.15, 0.2) is 29.1 Å². The van der Waals surface area contributed by atoms with Gasteiger partial charge in [0.2, 0.25) is 10.1 Å². The summed E-state index contributed by atoms with van der Waals surface area (Å²) in [4.78, 5) is 19.0. The zero-order valence-electron chi connectivity index (χ0n) is 15.4. The number of aryl methyl sites for hydroxylation is 2. The average molecular weight is 374 g/mol. The maximum Gasteiger partial charge on any atom is 0.275 e. The standard InChI is InChI=1S/C18H22N4O3S/c1-12-10-16(23)22-17(19-12)26-18(20-22)21(2)9-5-6-13-7-8-14(24-3)15(11-13)25-4/h7-8,10-11H,5-6,9H2,1-4H3. The van der Waals surface area contributed by atoms with Gasteiger partial charge in [0.25, 0.3) is 5.56 Å². The number of nitrogens with zero attached hydrogens (tertiary/aromatic N) is 4. The molecule has 3 rings (SSSR count). The lowest BCUT2D eigenvalue weighted by Crippen LogP contribution is -2.20. The second-order valence-corrected chi connectivity index (χ2v) is 6.96. The molecule has 0 unspecified atom stereocenters. The first kappa shape index (κ1) is 18.2. The highest BCUT2D eigenvalue weighted by molar-refractivity contribution is 7.20. The molecule has 8 heteroatoms. The van der Waals surface area contributed by atoms with Gasteiger partial charge in [0.05, 0.1) is 14.2 Å². The third-order valence-corrected chi connectivity index (χ3v) is 5.12. The SMILES string of the molecule is COc1ccc(CCCN(C)c2nn3c(=O)cc(C)nc3s2)cc1OC. The molecule has 0 saturated carbocycles. The van der Waals surface area contributed by atoms with Crippen LogP contribution >= 0.6 is 11.3 Å². The molecule has 2 heterocycles. The molecule has 7 nitrogen and oxygen atoms in total. The second kappa shape index (κ2) is 7.74. The first-order valence-corrected chi connectivity index (χ1v) is 9.13. The molecule has 0 saturated heterocycles. The fraction of sp³-hybridized carbons (Fsp3) is 0.389. The van der Waals surface area contributed by atoms with Gasteiger partial charge in [-0.3, -0.25) is 4.79 Å². The molecule has 0 fully saturated rings. The van der Waals surface area contributed by atoms with E-state index < -0.39 is 0 Å². The van der Waals surface area contributed by atoms with E-state index in [0.29, 0.717) is 10.7 Å². The Morgan fingerprint density at radius 2 is 1.96 bits per heavy atom. The number of methoxy groups -OCH3 is 2. The fourth-order valence-electron chi connectivity index (χ4n) is 2.72. The van der Waals surface area contributed by atoms with Crippen molar-refractivity contribution >= 4 is 21.4 Å². The van der Waals surface area contributed by atoms with Crippen LogP contribution in [0.4, 0.5) is 5.13 Å². The van der Waals surface area contributed by atoms with E-state index >= 15 is 0 Å². The van der Waals surface area contributed by atoms with Crippen molar-refractivity contribution in [2.45, 2.75) is 19.8 Å². The van der Waals surface area contributed by atoms with Crippen molar-refractivity contribution in [3.8, 4) is 11.5 Å². The third-order valence-electron chi connectivity index (χ3n) is 4.10. The van der Waals surface area contributed by atoms with Crippen molar-refractivity contribution in [2.24, 2.45) is 0 Å². The average Bonchev–Trinajstić information content (AvgIpc) is 3.06. The van der Waals surface area contributed by atoms with Gasteiger partial charge >= 0.3 is 0 Å². The number of benzene rings is 1. The van der Waals surface area contributed by atoms with Crippen LogP contribution in [0.3, 0.4) is 0 Å². The van der Waals surface area contributed by atoms with Gasteiger partial charge in [-0.15, -0.1) is 5.10 Å². The van der Waals surface area contributed by atoms with E-state index in [1.807, 2.05) is 32.2 Å². The van der Waals surface area contributed by atoms with Gasteiger partial charge in [0.15, 0.2) is 11.5 Å². The van der Waals surface area contributed by atoms with Crippen molar-refractivity contribution in [2.75, 3.05) is 32.7 Å². The van der Waals surface area contributed by atoms with Gasteiger partial charge in [-0.05, 0) is 37.5 Å². The van der Waals surface area contributed by atoms with Gasteiger partial charge in [-0.2, -0.15) is 4.52 Å². The Labute approximate surface area is 155 Å². The molecule has 0 amide bonds. The van der Waals surface area contributed by atoms with E-state index in [2.05, 4.69) is 15.0 Å². The minimum Gasteiger partial charge on any atom is -0.493 e. The lowest BCUT2D eigenvalue weighted by atomic mass is 10.1. The van der Waals surface area contributed by atoms with Gasteiger partial charge in [-0.1, -0.05) is 17.4 Å². The molecule has 0 bridgehead atoms. The van der Waals surface area contributed by atoms with Crippen LogP contribution < -0.4 is 19.9 Å². The molecule has 0 aliphatic rings. The number of anilines is 1. The number of hydrogen-bond acceptors (Lipinski definition) is 7. The highest BCUT2D eigenvalue weighted by atomic mass is 32.1. The van der Waals surface area contributed by atoms with E-state index in [-0.39, 0.29) is 5.56 Å². The summed E-state index contributed by atoms with van der Waals surface area (Å²) in [6.07, 6.45) is 1.86. The van der Waals surface area contributed by atoms with E-state index in [0.717, 1.165) is 36.0 Å². The van der Waals surface area contributed by atoms with Crippen molar-refractivity contribution in [3.05, 3.63) is 45.9 Å². The number of ether oxygens (including phenoxy) is 2. The predicted molar refractivity (Wildman–Crippen MR) is 103 cm³/mol. The van der Waals surface area contributed by atoms with E-state index in [1.54, 1.807) is 14.2 Å². The van der Waals surface area contributed by atoms with Crippen molar-refractivity contribution in [1.82, 2.24) is 14.6 Å². The summed E-state index contributed by atoms with van der Waals surface area (Å²) in [5.41, 5.74) is 1.75. The van der Waals surface area contributed by atoms with Gasteiger partial charge in [0.1, 0.15) is 0 Å². The fourth-order valence-corrected chi connectivity index (χ4v) is 3.66. The minimum atomic E-state index is -0.145. The monoisotopic (exact) mass is 374 g/mol. The van der Waals surface area contributed by atoms with Crippen LogP contribution in [0.5, 0.6) is 11.5 Å². The molecule has 0 N–H and O–H groups in total. The molecule has 0 aliphatic carbocycles. The van der Waals surface area contributed by atoms with Gasteiger partial charge < -0.3 is 14.4 Å². The minimum absolute atomic E-state index is 0.145. The molecule has 1 aromatic carbocycles. The Hall–Kier alpha value is -2.61. The lowest BCUT2D eigenvalue weighted by molar-refractivity contribution is 0.354. The Balaban J connectivity index is 1.65. The number of rotatable bonds is 7. The summed E-state index contributed by atoms with van der Waals surface area (Å²) in [6, 6.07) is 7.47. The first-order chi connectivity index (χ1) is 12.5. The number of fused-ring (bicyclic) bond motifs is 1. The largest absolute Gasteiger partial charge is 0.493 e. The molecule has 0 spiro atoms. The van der Waals surface area contributed by atoms with E-state index in [1.165, 1.54) is 27.5 Å². The zero-order valence-corrected chi connectivity index (χ0v) is 16.2. The molecular formula is C18H22N4O3S. The summed E-state index contributed by atoms with van der Waals surface area (Å²) in [6.45, 7) is 2.63. The highest BCUT2D eigenvalue weighted by Crippen LogP contribution is 2.28. The summed E-state index contributed by atoms with van der Waals surface area (Å²) in [5.74, 6) is 1.47. The van der Waals surface area contributed by atoms with Crippen molar-refractivity contribution in [3.63, 3.8) is 0 Å². The highest BCUT2D eigenvalue weighted by Gasteiger charge is 2.11. The molecular weight excluding hydrogens is 352 g/mol. The first-order valence-electron chi connectivity index (χ1n) is 8.31. The van der Waals surface area contributed by atoms with Crippen molar-refractivity contribution in [1.29, 1.82) is 0 Å². The zero-order chi connectivity index (χ0) is 18.7. The van der Waals surface area contributed by atoms with Crippen LogP contribution in [0.25, 0.3) is 4.96 Å². The van der Waals surface area contributed by atoms with Crippen LogP contribution in [-0.4, -0.2) is 42.4 Å². The summed E-state index contributed by atoms with van der Waals surface area (Å²) in [5, 5.41) is 5.16. The Morgan fingerprint density at radius 3 is 2.69 bits per heavy atom. The molecule has 26 heavy (non-hydrogen) atoms. The normalized spacial score (nSPS) is 10.9. The van der Waals surface area contributed by atoms with Crippen LogP contribution in [0.2, 0.25) is 0 Å². The van der Waals surface area contributed by atoms with Crippen LogP contribution in [0.1, 0.15) is 17.7 Å². The Morgan fingerprint density at radius 1 is 1.19 bits per heavy atom. The number of aromatic nitrogens is 3. The van der Waals surface area contributed by atoms with Crippen LogP contribution in [0, 0.1) is 6.92 Å².